The molecule has 2 aliphatic rings. The van der Waals surface area contributed by atoms with Gasteiger partial charge in [-0.15, -0.1) is 5.10 Å². The Balaban J connectivity index is 1.50. The highest BCUT2D eigenvalue weighted by Gasteiger charge is 2.21. The largest absolute Gasteiger partial charge is 0.396 e. The smallest absolute Gasteiger partial charge is 0.179 e. The molecule has 5 rings (SSSR count). The third-order valence-electron chi connectivity index (χ3n) is 5.97. The number of ether oxygens (including phenoxy) is 2. The number of morpholine rings is 2. The van der Waals surface area contributed by atoms with Crippen LogP contribution in [0, 0.1) is 12.7 Å². The fourth-order valence-corrected chi connectivity index (χ4v) is 4.17. The molecule has 0 aliphatic carbocycles. The van der Waals surface area contributed by atoms with Crippen molar-refractivity contribution in [1.82, 2.24) is 19.5 Å². The molecule has 1 aromatic carbocycles. The quantitative estimate of drug-likeness (QED) is 0.622. The zero-order valence-electron chi connectivity index (χ0n) is 18.2. The van der Waals surface area contributed by atoms with Crippen LogP contribution in [0.4, 0.5) is 27.4 Å². The van der Waals surface area contributed by atoms with Crippen molar-refractivity contribution in [2.24, 2.45) is 0 Å². The molecule has 4 heterocycles. The normalized spacial score (nSPS) is 17.8. The summed E-state index contributed by atoms with van der Waals surface area (Å²) < 4.78 is 27.4. The molecular weight excluding hydrogens is 413 g/mol. The third-order valence-corrected chi connectivity index (χ3v) is 5.97. The number of benzene rings is 1. The molecule has 2 saturated heterocycles. The van der Waals surface area contributed by atoms with E-state index < -0.39 is 0 Å². The predicted octanol–water partition coefficient (Wildman–Crippen LogP) is 2.17. The summed E-state index contributed by atoms with van der Waals surface area (Å²) in [6.07, 6.45) is 0. The molecule has 2 aromatic heterocycles. The maximum Gasteiger partial charge on any atom is 0.179 e. The fraction of sp³-hybridized carbons (Fsp3) is 0.455. The lowest BCUT2D eigenvalue weighted by molar-refractivity contribution is 0.0338. The van der Waals surface area contributed by atoms with Crippen LogP contribution in [0.2, 0.25) is 0 Å². The Bertz CT molecular complexity index is 1110. The lowest BCUT2D eigenvalue weighted by atomic mass is 10.1. The van der Waals surface area contributed by atoms with E-state index in [1.54, 1.807) is 10.6 Å². The number of nitrogen functional groups attached to an aromatic ring is 1. The van der Waals surface area contributed by atoms with E-state index in [-0.39, 0.29) is 5.82 Å². The number of hydrogen-bond donors (Lipinski definition) is 2. The van der Waals surface area contributed by atoms with Gasteiger partial charge in [0.05, 0.1) is 37.8 Å². The van der Waals surface area contributed by atoms with Gasteiger partial charge in [0.1, 0.15) is 5.82 Å². The average Bonchev–Trinajstić information content (AvgIpc) is 3.13. The van der Waals surface area contributed by atoms with Crippen molar-refractivity contribution in [3.63, 3.8) is 0 Å². The molecule has 0 amide bonds. The highest BCUT2D eigenvalue weighted by Crippen LogP contribution is 2.30. The summed E-state index contributed by atoms with van der Waals surface area (Å²) in [4.78, 5) is 8.95. The van der Waals surface area contributed by atoms with Gasteiger partial charge in [-0.3, -0.25) is 4.90 Å². The minimum atomic E-state index is -0.241. The first-order valence-electron chi connectivity index (χ1n) is 10.9. The van der Waals surface area contributed by atoms with E-state index in [0.29, 0.717) is 61.4 Å². The number of nitrogens with two attached hydrogens (primary N) is 1. The summed E-state index contributed by atoms with van der Waals surface area (Å²) in [5.74, 6) is 1.21. The number of halogens is 1. The molecule has 0 radical (unpaired) electrons. The number of nitrogens with one attached hydrogen (secondary N) is 1. The number of aryl methyl sites for hydroxylation is 1. The van der Waals surface area contributed by atoms with Gasteiger partial charge in [-0.05, 0) is 19.1 Å². The van der Waals surface area contributed by atoms with E-state index in [1.165, 1.54) is 6.07 Å². The van der Waals surface area contributed by atoms with Crippen molar-refractivity contribution in [3.05, 3.63) is 41.3 Å². The molecule has 0 unspecified atom stereocenters. The Morgan fingerprint density at radius 2 is 1.81 bits per heavy atom. The van der Waals surface area contributed by atoms with Crippen LogP contribution in [0.5, 0.6) is 0 Å². The zero-order chi connectivity index (χ0) is 22.1. The predicted molar refractivity (Wildman–Crippen MR) is 121 cm³/mol. The first-order chi connectivity index (χ1) is 15.6. The molecule has 3 N–H and O–H groups in total. The van der Waals surface area contributed by atoms with Crippen LogP contribution >= 0.6 is 0 Å². The van der Waals surface area contributed by atoms with Crippen molar-refractivity contribution < 1.29 is 13.9 Å². The number of nitrogens with zero attached hydrogens (tertiary/aromatic N) is 5. The molecular formula is C22H28FN7O2. The third kappa shape index (κ3) is 4.08. The second-order valence-electron chi connectivity index (χ2n) is 8.12. The van der Waals surface area contributed by atoms with Gasteiger partial charge < -0.3 is 25.4 Å². The molecule has 2 aliphatic heterocycles. The number of rotatable bonds is 5. The van der Waals surface area contributed by atoms with E-state index in [2.05, 4.69) is 20.1 Å². The van der Waals surface area contributed by atoms with E-state index in [1.807, 2.05) is 19.1 Å². The number of aromatic nitrogens is 3. The van der Waals surface area contributed by atoms with Crippen LogP contribution in [-0.2, 0) is 16.0 Å². The summed E-state index contributed by atoms with van der Waals surface area (Å²) in [5.41, 5.74) is 9.50. The second kappa shape index (κ2) is 8.89. The second-order valence-corrected chi connectivity index (χ2v) is 8.12. The minimum Gasteiger partial charge on any atom is -0.396 e. The summed E-state index contributed by atoms with van der Waals surface area (Å²) in [7, 11) is 0. The van der Waals surface area contributed by atoms with Crippen molar-refractivity contribution in [2.45, 2.75) is 13.5 Å². The van der Waals surface area contributed by atoms with E-state index in [4.69, 9.17) is 20.3 Å². The van der Waals surface area contributed by atoms with Crippen LogP contribution in [0.15, 0.2) is 24.3 Å². The molecule has 10 heteroatoms. The lowest BCUT2D eigenvalue weighted by Crippen LogP contribution is -2.37. The van der Waals surface area contributed by atoms with Crippen LogP contribution in [-0.4, -0.2) is 72.1 Å². The van der Waals surface area contributed by atoms with Crippen molar-refractivity contribution in [3.8, 4) is 0 Å². The van der Waals surface area contributed by atoms with Gasteiger partial charge in [0.25, 0.3) is 0 Å². The fourth-order valence-electron chi connectivity index (χ4n) is 4.17. The summed E-state index contributed by atoms with van der Waals surface area (Å²) in [5, 5.41) is 8.20. The van der Waals surface area contributed by atoms with Gasteiger partial charge in [-0.2, -0.15) is 4.52 Å². The highest BCUT2D eigenvalue weighted by molar-refractivity contribution is 5.74. The Labute approximate surface area is 185 Å². The van der Waals surface area contributed by atoms with Gasteiger partial charge in [0, 0.05) is 50.0 Å². The summed E-state index contributed by atoms with van der Waals surface area (Å²) >= 11 is 0. The number of fused-ring (bicyclic) bond motifs is 1. The number of hydrogen-bond acceptors (Lipinski definition) is 8. The molecule has 0 bridgehead atoms. The van der Waals surface area contributed by atoms with Gasteiger partial charge in [-0.1, -0.05) is 6.07 Å². The van der Waals surface area contributed by atoms with Crippen molar-refractivity contribution >= 4 is 28.7 Å². The van der Waals surface area contributed by atoms with E-state index >= 15 is 0 Å². The van der Waals surface area contributed by atoms with Gasteiger partial charge in [0.15, 0.2) is 17.3 Å². The molecule has 0 atom stereocenters. The first kappa shape index (κ1) is 20.9. The van der Waals surface area contributed by atoms with Crippen LogP contribution in [0.25, 0.3) is 5.65 Å². The molecule has 170 valence electrons. The zero-order valence-corrected chi connectivity index (χ0v) is 18.2. The molecule has 0 saturated carbocycles. The maximum absolute atomic E-state index is 14.8. The molecule has 32 heavy (non-hydrogen) atoms. The van der Waals surface area contributed by atoms with Gasteiger partial charge >= 0.3 is 0 Å². The number of anilines is 4. The Morgan fingerprint density at radius 1 is 1.09 bits per heavy atom. The molecule has 3 aromatic rings. The minimum absolute atomic E-state index is 0.241. The van der Waals surface area contributed by atoms with Gasteiger partial charge in [-0.25, -0.2) is 9.37 Å². The van der Waals surface area contributed by atoms with E-state index in [0.717, 1.165) is 37.7 Å². The van der Waals surface area contributed by atoms with E-state index in [9.17, 15) is 4.39 Å². The van der Waals surface area contributed by atoms with Crippen molar-refractivity contribution in [2.75, 3.05) is 68.6 Å². The van der Waals surface area contributed by atoms with Gasteiger partial charge in [0.2, 0.25) is 0 Å². The average molecular weight is 442 g/mol. The summed E-state index contributed by atoms with van der Waals surface area (Å²) in [6, 6.07) is 6.94. The lowest BCUT2D eigenvalue weighted by Gasteiger charge is -2.28. The molecule has 0 spiro atoms. The Morgan fingerprint density at radius 3 is 2.56 bits per heavy atom. The SMILES string of the molecule is Cc1nc2c(N)cc(N3CCOCC3)nn2c1Nc1cccc(F)c1CN1CCOCC1. The topological polar surface area (TPSA) is 93.2 Å². The van der Waals surface area contributed by atoms with Crippen LogP contribution in [0.3, 0.4) is 0 Å². The molecule has 9 nitrogen and oxygen atoms in total. The van der Waals surface area contributed by atoms with Crippen molar-refractivity contribution in [1.29, 1.82) is 0 Å². The summed E-state index contributed by atoms with van der Waals surface area (Å²) in [6.45, 7) is 8.10. The highest BCUT2D eigenvalue weighted by atomic mass is 19.1. The standard InChI is InChI=1S/C22H28FN7O2/c1-15-21(26-19-4-2-3-17(23)16(19)14-28-5-9-31-10-6-28)30-22(25-15)18(24)13-20(27-30)29-7-11-32-12-8-29/h2-4,13,26H,5-12,14,24H2,1H3. The Hall–Kier alpha value is -2.95. The maximum atomic E-state index is 14.8. The number of imidazole rings is 1. The monoisotopic (exact) mass is 441 g/mol. The molecule has 2 fully saturated rings. The Kier molecular flexibility index (Phi) is 5.81. The van der Waals surface area contributed by atoms with Crippen LogP contribution < -0.4 is 16.0 Å². The van der Waals surface area contributed by atoms with Crippen LogP contribution in [0.1, 0.15) is 11.3 Å². The first-order valence-corrected chi connectivity index (χ1v) is 10.9.